The van der Waals surface area contributed by atoms with Gasteiger partial charge in [0.25, 0.3) is 0 Å². The lowest BCUT2D eigenvalue weighted by molar-refractivity contribution is 0.292. The fourth-order valence-corrected chi connectivity index (χ4v) is 2.42. The van der Waals surface area contributed by atoms with E-state index < -0.39 is 0 Å². The molecule has 0 aliphatic heterocycles. The van der Waals surface area contributed by atoms with E-state index in [-0.39, 0.29) is 5.41 Å². The zero-order valence-corrected chi connectivity index (χ0v) is 13.6. The summed E-state index contributed by atoms with van der Waals surface area (Å²) in [6, 6.07) is 11.4. The van der Waals surface area contributed by atoms with Gasteiger partial charge in [-0.3, -0.25) is 0 Å². The molecule has 0 fully saturated rings. The third-order valence-electron chi connectivity index (χ3n) is 4.26. The van der Waals surface area contributed by atoms with Crippen LogP contribution in [0.5, 0.6) is 0 Å². The molecular formula is C18H31N. The molecule has 0 saturated carbocycles. The predicted molar refractivity (Wildman–Crippen MR) is 85.6 cm³/mol. The first kappa shape index (κ1) is 16.2. The van der Waals surface area contributed by atoms with Crippen LogP contribution in [0.3, 0.4) is 0 Å². The summed E-state index contributed by atoms with van der Waals surface area (Å²) in [5, 5.41) is 3.70. The maximum atomic E-state index is 3.70. The molecule has 19 heavy (non-hydrogen) atoms. The molecule has 0 bridgehead atoms. The van der Waals surface area contributed by atoms with Crippen LogP contribution in [0.25, 0.3) is 0 Å². The normalized spacial score (nSPS) is 14.4. The van der Waals surface area contributed by atoms with Gasteiger partial charge in [-0.25, -0.2) is 0 Å². The quantitative estimate of drug-likeness (QED) is 0.745. The average Bonchev–Trinajstić information content (AvgIpc) is 2.37. The molecule has 1 nitrogen and oxygen atoms in total. The maximum absolute atomic E-state index is 3.70. The molecule has 1 N–H and O–H groups in total. The van der Waals surface area contributed by atoms with Crippen molar-refractivity contribution in [2.24, 2.45) is 5.41 Å². The van der Waals surface area contributed by atoms with Crippen LogP contribution in [-0.2, 0) is 5.41 Å². The van der Waals surface area contributed by atoms with Crippen LogP contribution in [0.15, 0.2) is 30.3 Å². The van der Waals surface area contributed by atoms with Gasteiger partial charge in [-0.15, -0.1) is 0 Å². The zero-order chi connectivity index (χ0) is 14.5. The first-order valence-electron chi connectivity index (χ1n) is 7.56. The second-order valence-electron chi connectivity index (χ2n) is 7.25. The molecule has 0 aromatic heterocycles. The Balaban J connectivity index is 2.54. The Bertz CT molecular complexity index is 365. The topological polar surface area (TPSA) is 12.0 Å². The second-order valence-corrected chi connectivity index (χ2v) is 7.25. The van der Waals surface area contributed by atoms with E-state index in [0.29, 0.717) is 11.5 Å². The summed E-state index contributed by atoms with van der Waals surface area (Å²) in [6.07, 6.45) is 2.38. The molecule has 1 rings (SSSR count). The van der Waals surface area contributed by atoms with Gasteiger partial charge >= 0.3 is 0 Å². The fraction of sp³-hybridized carbons (Fsp3) is 0.667. The Kier molecular flexibility index (Phi) is 5.61. The van der Waals surface area contributed by atoms with Crippen LogP contribution in [0.4, 0.5) is 0 Å². The lowest BCUT2D eigenvalue weighted by Gasteiger charge is -2.31. The van der Waals surface area contributed by atoms with E-state index in [1.54, 1.807) is 0 Å². The first-order chi connectivity index (χ1) is 8.77. The van der Waals surface area contributed by atoms with Crippen molar-refractivity contribution in [2.75, 3.05) is 6.54 Å². The Morgan fingerprint density at radius 3 is 2.16 bits per heavy atom. The Morgan fingerprint density at radius 2 is 1.63 bits per heavy atom. The van der Waals surface area contributed by atoms with Gasteiger partial charge in [0.2, 0.25) is 0 Å². The standard InChI is InChI=1S/C18H31N/c1-7-17(3,4)14-19-15(2)13-18(5,6)16-11-9-8-10-12-16/h8-12,15,19H,7,13-14H2,1-6H3. The third kappa shape index (κ3) is 5.36. The molecule has 0 saturated heterocycles. The summed E-state index contributed by atoms with van der Waals surface area (Å²) in [5.74, 6) is 0. The monoisotopic (exact) mass is 261 g/mol. The Morgan fingerprint density at radius 1 is 1.05 bits per heavy atom. The molecule has 0 spiro atoms. The van der Waals surface area contributed by atoms with Crippen molar-refractivity contribution in [3.8, 4) is 0 Å². The molecule has 0 aliphatic carbocycles. The minimum absolute atomic E-state index is 0.226. The average molecular weight is 261 g/mol. The highest BCUT2D eigenvalue weighted by Crippen LogP contribution is 2.28. The lowest BCUT2D eigenvalue weighted by atomic mass is 9.79. The van der Waals surface area contributed by atoms with Gasteiger partial charge in [-0.1, -0.05) is 65.0 Å². The van der Waals surface area contributed by atoms with Crippen molar-refractivity contribution in [1.82, 2.24) is 5.32 Å². The number of hydrogen-bond donors (Lipinski definition) is 1. The van der Waals surface area contributed by atoms with Gasteiger partial charge in [0.1, 0.15) is 0 Å². The summed E-state index contributed by atoms with van der Waals surface area (Å²) >= 11 is 0. The summed E-state index contributed by atoms with van der Waals surface area (Å²) in [4.78, 5) is 0. The van der Waals surface area contributed by atoms with Crippen molar-refractivity contribution in [1.29, 1.82) is 0 Å². The van der Waals surface area contributed by atoms with E-state index in [9.17, 15) is 0 Å². The largest absolute Gasteiger partial charge is 0.314 e. The number of nitrogens with one attached hydrogen (secondary N) is 1. The summed E-state index contributed by atoms with van der Waals surface area (Å²) in [6.45, 7) is 15.0. The van der Waals surface area contributed by atoms with Crippen molar-refractivity contribution in [3.63, 3.8) is 0 Å². The molecule has 0 heterocycles. The smallest absolute Gasteiger partial charge is 0.00472 e. The van der Waals surface area contributed by atoms with Crippen LogP contribution in [0.2, 0.25) is 0 Å². The van der Waals surface area contributed by atoms with Gasteiger partial charge in [0.05, 0.1) is 0 Å². The van der Waals surface area contributed by atoms with E-state index in [1.165, 1.54) is 12.0 Å². The highest BCUT2D eigenvalue weighted by atomic mass is 14.9. The van der Waals surface area contributed by atoms with Crippen molar-refractivity contribution in [3.05, 3.63) is 35.9 Å². The lowest BCUT2D eigenvalue weighted by Crippen LogP contribution is -2.38. The second kappa shape index (κ2) is 6.56. The van der Waals surface area contributed by atoms with Crippen molar-refractivity contribution in [2.45, 2.75) is 65.8 Å². The van der Waals surface area contributed by atoms with Crippen LogP contribution in [-0.4, -0.2) is 12.6 Å². The molecule has 108 valence electrons. The van der Waals surface area contributed by atoms with Gasteiger partial charge in [-0.2, -0.15) is 0 Å². The summed E-state index contributed by atoms with van der Waals surface area (Å²) in [7, 11) is 0. The maximum Gasteiger partial charge on any atom is 0.00472 e. The first-order valence-corrected chi connectivity index (χ1v) is 7.56. The summed E-state index contributed by atoms with van der Waals surface area (Å²) in [5.41, 5.74) is 2.05. The summed E-state index contributed by atoms with van der Waals surface area (Å²) < 4.78 is 0. The minimum Gasteiger partial charge on any atom is -0.314 e. The Labute approximate surface area is 119 Å². The van der Waals surface area contributed by atoms with Crippen molar-refractivity contribution >= 4 is 0 Å². The number of hydrogen-bond acceptors (Lipinski definition) is 1. The molecule has 1 aromatic carbocycles. The number of benzene rings is 1. The predicted octanol–water partition coefficient (Wildman–Crippen LogP) is 4.77. The van der Waals surface area contributed by atoms with Crippen LogP contribution >= 0.6 is 0 Å². The zero-order valence-electron chi connectivity index (χ0n) is 13.6. The molecule has 1 heteroatoms. The highest BCUT2D eigenvalue weighted by molar-refractivity contribution is 5.23. The fourth-order valence-electron chi connectivity index (χ4n) is 2.42. The van der Waals surface area contributed by atoms with Crippen molar-refractivity contribution < 1.29 is 0 Å². The molecule has 0 radical (unpaired) electrons. The van der Waals surface area contributed by atoms with E-state index in [1.807, 2.05) is 0 Å². The van der Waals surface area contributed by atoms with Gasteiger partial charge < -0.3 is 5.32 Å². The van der Waals surface area contributed by atoms with Crippen LogP contribution in [0.1, 0.15) is 59.9 Å². The van der Waals surface area contributed by atoms with Gasteiger partial charge in [0.15, 0.2) is 0 Å². The molecule has 1 atom stereocenters. The highest BCUT2D eigenvalue weighted by Gasteiger charge is 2.24. The van der Waals surface area contributed by atoms with E-state index in [2.05, 4.69) is 77.2 Å². The number of rotatable bonds is 7. The van der Waals surface area contributed by atoms with Gasteiger partial charge in [0, 0.05) is 12.6 Å². The SMILES string of the molecule is CCC(C)(C)CNC(C)CC(C)(C)c1ccccc1. The van der Waals surface area contributed by atoms with Gasteiger partial charge in [-0.05, 0) is 36.2 Å². The van der Waals surface area contributed by atoms with Crippen LogP contribution in [0, 0.1) is 5.41 Å². The Hall–Kier alpha value is -0.820. The third-order valence-corrected chi connectivity index (χ3v) is 4.26. The molecule has 0 amide bonds. The molecule has 1 aromatic rings. The molecular weight excluding hydrogens is 230 g/mol. The molecule has 0 aliphatic rings. The molecule has 1 unspecified atom stereocenters. The van der Waals surface area contributed by atoms with E-state index in [4.69, 9.17) is 0 Å². The van der Waals surface area contributed by atoms with Crippen LogP contribution < -0.4 is 5.32 Å². The van der Waals surface area contributed by atoms with E-state index in [0.717, 1.165) is 13.0 Å². The minimum atomic E-state index is 0.226. The van der Waals surface area contributed by atoms with E-state index >= 15 is 0 Å².